The molecule has 268 valence electrons. The third kappa shape index (κ3) is 8.88. The van der Waals surface area contributed by atoms with Crippen LogP contribution in [0.25, 0.3) is 11.0 Å². The second-order valence-electron chi connectivity index (χ2n) is 13.9. The smallest absolute Gasteiger partial charge is 0.287 e. The molecule has 0 saturated heterocycles. The molecule has 0 radical (unpaired) electrons. The van der Waals surface area contributed by atoms with Gasteiger partial charge in [0, 0.05) is 36.2 Å². The Labute approximate surface area is 292 Å². The first-order chi connectivity index (χ1) is 24.0. The Hall–Kier alpha value is -4.74. The molecule has 4 N–H and O–H groups in total. The number of rotatable bonds is 15. The van der Waals surface area contributed by atoms with Gasteiger partial charge in [-0.05, 0) is 75.0 Å². The predicted octanol–water partition coefficient (Wildman–Crippen LogP) is 4.63. The van der Waals surface area contributed by atoms with Crippen molar-refractivity contribution in [1.82, 2.24) is 20.5 Å². The van der Waals surface area contributed by atoms with E-state index >= 15 is 0 Å². The van der Waals surface area contributed by atoms with Crippen molar-refractivity contribution in [1.29, 1.82) is 0 Å². The van der Waals surface area contributed by atoms with E-state index in [1.54, 1.807) is 25.1 Å². The number of carbonyl (C=O) groups is 5. The van der Waals surface area contributed by atoms with Crippen molar-refractivity contribution in [3.8, 4) is 0 Å². The largest absolute Gasteiger partial charge is 0.451 e. The molecular weight excluding hydrogens is 638 g/mol. The lowest BCUT2D eigenvalue weighted by molar-refractivity contribution is -0.138. The number of furan rings is 1. The van der Waals surface area contributed by atoms with Crippen LogP contribution < -0.4 is 26.8 Å². The third-order valence-corrected chi connectivity index (χ3v) is 10.2. The number of Topliss-reactive ketones (excluding diaryl/α,β-unsaturated/α-hetero) is 1. The molecule has 2 heterocycles. The summed E-state index contributed by atoms with van der Waals surface area (Å²) >= 11 is 0. The Morgan fingerprint density at radius 3 is 2.60 bits per heavy atom. The van der Waals surface area contributed by atoms with Crippen LogP contribution in [0.1, 0.15) is 94.2 Å². The van der Waals surface area contributed by atoms with Crippen LogP contribution in [-0.4, -0.2) is 52.6 Å². The van der Waals surface area contributed by atoms with E-state index in [-0.39, 0.29) is 42.8 Å². The first-order valence-corrected chi connectivity index (χ1v) is 17.9. The lowest BCUT2D eigenvalue weighted by Crippen LogP contribution is -2.50. The molecule has 5 atom stereocenters. The number of hydrogen-bond acceptors (Lipinski definition) is 7. The first-order valence-electron chi connectivity index (χ1n) is 17.9. The summed E-state index contributed by atoms with van der Waals surface area (Å²) in [4.78, 5) is 78.7. The van der Waals surface area contributed by atoms with Gasteiger partial charge in [0.15, 0.2) is 5.76 Å². The summed E-state index contributed by atoms with van der Waals surface area (Å²) in [5.74, 6) is -1.65. The maximum absolute atomic E-state index is 13.7. The first kappa shape index (κ1) is 36.5. The fraction of sp³-hybridized carbons (Fsp3) is 0.526. The zero-order chi connectivity index (χ0) is 35.8. The van der Waals surface area contributed by atoms with E-state index in [0.29, 0.717) is 29.5 Å². The number of anilines is 1. The molecular formula is C38H49N5O7. The van der Waals surface area contributed by atoms with E-state index in [0.717, 1.165) is 49.8 Å². The minimum Gasteiger partial charge on any atom is -0.451 e. The number of unbranched alkanes of at least 4 members (excludes halogenated alkanes) is 2. The molecule has 0 spiro atoms. The van der Waals surface area contributed by atoms with E-state index in [1.165, 1.54) is 29.7 Å². The van der Waals surface area contributed by atoms with Gasteiger partial charge in [0.1, 0.15) is 23.9 Å². The minimum atomic E-state index is -1.30. The normalized spacial score (nSPS) is 20.5. The van der Waals surface area contributed by atoms with Gasteiger partial charge < -0.3 is 30.3 Å². The van der Waals surface area contributed by atoms with Crippen molar-refractivity contribution in [2.24, 2.45) is 17.8 Å². The van der Waals surface area contributed by atoms with Gasteiger partial charge in [-0.15, -0.1) is 0 Å². The van der Waals surface area contributed by atoms with E-state index in [2.05, 4.69) is 28.2 Å². The molecule has 3 aromatic rings. The van der Waals surface area contributed by atoms with Gasteiger partial charge in [0.2, 0.25) is 17.6 Å². The lowest BCUT2D eigenvalue weighted by Gasteiger charge is -2.44. The van der Waals surface area contributed by atoms with Crippen LogP contribution >= 0.6 is 0 Å². The number of carbonyl (C=O) groups excluding carboxylic acids is 5. The molecule has 2 bridgehead atoms. The second-order valence-corrected chi connectivity index (χ2v) is 13.9. The molecule has 12 nitrogen and oxygen atoms in total. The average Bonchev–Trinajstić information content (AvgIpc) is 3.44. The van der Waals surface area contributed by atoms with Crippen LogP contribution in [0.15, 0.2) is 51.8 Å². The standard InChI is InChI=1S/C38H49N5O7/c1-4-5-8-18-39-36(47)30(44)17-16-28(40-37(48)34-24(3)27-13-6-7-15-31(27)50-34)35(46)41-29-14-10-19-43(38(29)49)22-32(45)42-33-23(2)20-25-11-9-12-26(33)21-25/h6-7,10,13-15,19,23,25-26,28,33H,4-5,8-9,11-12,16-18,20-22H2,1-3H3,(H,39,47)(H,40,48)(H,41,46)(H,42,45). The number of nitrogens with zero attached hydrogens (tertiary/aromatic N) is 1. The molecule has 2 aliphatic rings. The maximum atomic E-state index is 13.7. The third-order valence-electron chi connectivity index (χ3n) is 10.2. The number of benzene rings is 1. The van der Waals surface area contributed by atoms with Crippen molar-refractivity contribution < 1.29 is 28.4 Å². The Balaban J connectivity index is 1.27. The van der Waals surface area contributed by atoms with E-state index in [1.807, 2.05) is 19.1 Å². The highest BCUT2D eigenvalue weighted by Gasteiger charge is 2.38. The van der Waals surface area contributed by atoms with Crippen molar-refractivity contribution in [3.05, 3.63) is 64.3 Å². The SMILES string of the molecule is CCCCCNC(=O)C(=O)CCC(NC(=O)c1oc2ccccc2c1C)C(=O)Nc1cccn(CC(=O)NC2C(C)CC3CCCC2C3)c1=O. The summed E-state index contributed by atoms with van der Waals surface area (Å²) < 4.78 is 7.01. The van der Waals surface area contributed by atoms with E-state index in [4.69, 9.17) is 4.42 Å². The number of aryl methyl sites for hydroxylation is 1. The minimum absolute atomic E-state index is 0.00750. The van der Waals surface area contributed by atoms with Crippen molar-refractivity contribution in [3.63, 3.8) is 0 Å². The molecule has 50 heavy (non-hydrogen) atoms. The van der Waals surface area contributed by atoms with Crippen molar-refractivity contribution in [2.75, 3.05) is 11.9 Å². The number of fused-ring (bicyclic) bond motifs is 3. The predicted molar refractivity (Wildman–Crippen MR) is 189 cm³/mol. The fourth-order valence-corrected chi connectivity index (χ4v) is 7.58. The molecule has 0 aliphatic heterocycles. The number of nitrogens with one attached hydrogen (secondary N) is 4. The van der Waals surface area contributed by atoms with Crippen LogP contribution in [0.2, 0.25) is 0 Å². The van der Waals surface area contributed by atoms with Gasteiger partial charge in [0.05, 0.1) is 0 Å². The van der Waals surface area contributed by atoms with Crippen molar-refractivity contribution >= 4 is 46.1 Å². The lowest BCUT2D eigenvalue weighted by atomic mass is 9.65. The summed E-state index contributed by atoms with van der Waals surface area (Å²) in [5, 5.41) is 11.7. The summed E-state index contributed by atoms with van der Waals surface area (Å²) in [5.41, 5.74) is 0.396. The topological polar surface area (TPSA) is 169 Å². The van der Waals surface area contributed by atoms with Crippen molar-refractivity contribution in [2.45, 2.75) is 104 Å². The number of amides is 4. The molecule has 12 heteroatoms. The van der Waals surface area contributed by atoms with Crippen LogP contribution in [0, 0.1) is 24.7 Å². The Bertz CT molecular complexity index is 1780. The Kier molecular flexibility index (Phi) is 12.3. The molecule has 5 unspecified atom stereocenters. The van der Waals surface area contributed by atoms with Gasteiger partial charge >= 0.3 is 0 Å². The zero-order valence-corrected chi connectivity index (χ0v) is 29.2. The molecule has 2 aromatic heterocycles. The molecule has 5 rings (SSSR count). The summed E-state index contributed by atoms with van der Waals surface area (Å²) in [6.07, 6.45) is 9.31. The molecule has 2 saturated carbocycles. The molecule has 1 aromatic carbocycles. The molecule has 2 aliphatic carbocycles. The van der Waals surface area contributed by atoms with Crippen LogP contribution in [0.3, 0.4) is 0 Å². The van der Waals surface area contributed by atoms with Crippen LogP contribution in [0.4, 0.5) is 5.69 Å². The molecule has 2 fully saturated rings. The van der Waals surface area contributed by atoms with Gasteiger partial charge in [-0.25, -0.2) is 0 Å². The highest BCUT2D eigenvalue weighted by Crippen LogP contribution is 2.42. The number of pyridine rings is 1. The van der Waals surface area contributed by atoms with Gasteiger partial charge in [0.25, 0.3) is 17.4 Å². The van der Waals surface area contributed by atoms with E-state index < -0.39 is 35.1 Å². The van der Waals surface area contributed by atoms with E-state index in [9.17, 15) is 28.8 Å². The number of ketones is 1. The van der Waals surface area contributed by atoms with Gasteiger partial charge in [-0.2, -0.15) is 0 Å². The Morgan fingerprint density at radius 2 is 1.82 bits per heavy atom. The average molecular weight is 688 g/mol. The highest BCUT2D eigenvalue weighted by molar-refractivity contribution is 6.36. The van der Waals surface area contributed by atoms with Crippen LogP contribution in [-0.2, 0) is 25.7 Å². The monoisotopic (exact) mass is 687 g/mol. The quantitative estimate of drug-likeness (QED) is 0.133. The van der Waals surface area contributed by atoms with Gasteiger partial charge in [-0.3, -0.25) is 28.8 Å². The number of hydrogen-bond donors (Lipinski definition) is 4. The summed E-state index contributed by atoms with van der Waals surface area (Å²) in [7, 11) is 0. The summed E-state index contributed by atoms with van der Waals surface area (Å²) in [6.45, 7) is 6.09. The molecule has 4 amide bonds. The number of aromatic nitrogens is 1. The Morgan fingerprint density at radius 1 is 1.02 bits per heavy atom. The fourth-order valence-electron chi connectivity index (χ4n) is 7.58. The second kappa shape index (κ2) is 16.8. The highest BCUT2D eigenvalue weighted by atomic mass is 16.3. The maximum Gasteiger partial charge on any atom is 0.287 e. The summed E-state index contributed by atoms with van der Waals surface area (Å²) in [6, 6.07) is 8.87. The zero-order valence-electron chi connectivity index (χ0n) is 29.2. The van der Waals surface area contributed by atoms with Crippen LogP contribution in [0.5, 0.6) is 0 Å². The number of para-hydroxylation sites is 1. The van der Waals surface area contributed by atoms with Gasteiger partial charge in [-0.1, -0.05) is 57.7 Å².